The average Bonchev–Trinajstić information content (AvgIpc) is 2.46. The molecule has 21 heavy (non-hydrogen) atoms. The number of hydrogen-bond acceptors (Lipinski definition) is 3. The largest absolute Gasteiger partial charge is 0.306 e. The van der Waals surface area contributed by atoms with E-state index in [1.165, 1.54) is 18.2 Å². The zero-order chi connectivity index (χ0) is 15.4. The molecule has 0 amide bonds. The molecule has 0 aromatic heterocycles. The van der Waals surface area contributed by atoms with Crippen LogP contribution in [0.2, 0.25) is 0 Å². The van der Waals surface area contributed by atoms with Crippen LogP contribution in [0.3, 0.4) is 0 Å². The van der Waals surface area contributed by atoms with Crippen molar-refractivity contribution >= 4 is 21.6 Å². The maximum atomic E-state index is 13.7. The van der Waals surface area contributed by atoms with E-state index in [9.17, 15) is 14.5 Å². The molecule has 1 N–H and O–H groups in total. The minimum Gasteiger partial charge on any atom is -0.306 e. The lowest BCUT2D eigenvalue weighted by molar-refractivity contribution is -0.384. The Morgan fingerprint density at radius 2 is 2.05 bits per heavy atom. The molecule has 1 atom stereocenters. The van der Waals surface area contributed by atoms with Crippen LogP contribution in [0, 0.1) is 15.9 Å². The standard InChI is InChI=1S/C15H14BrFN2O2/c1-10(13-4-2-3-5-15(13)17)18-9-11-6-7-12(19(20)21)8-14(11)16/h2-8,10,18H,9H2,1H3/t10-/m1/s1. The number of non-ortho nitro benzene ring substituents is 1. The molecule has 0 unspecified atom stereocenters. The van der Waals surface area contributed by atoms with Gasteiger partial charge in [-0.25, -0.2) is 4.39 Å². The first-order chi connectivity index (χ1) is 9.99. The highest BCUT2D eigenvalue weighted by Crippen LogP contribution is 2.24. The second-order valence-corrected chi connectivity index (χ2v) is 5.51. The van der Waals surface area contributed by atoms with Crippen molar-refractivity contribution in [1.29, 1.82) is 0 Å². The van der Waals surface area contributed by atoms with Crippen LogP contribution in [0.25, 0.3) is 0 Å². The van der Waals surface area contributed by atoms with E-state index < -0.39 is 4.92 Å². The Labute approximate surface area is 130 Å². The second-order valence-electron chi connectivity index (χ2n) is 4.66. The van der Waals surface area contributed by atoms with Crippen molar-refractivity contribution in [2.45, 2.75) is 19.5 Å². The lowest BCUT2D eigenvalue weighted by Gasteiger charge is -2.15. The highest BCUT2D eigenvalue weighted by Gasteiger charge is 2.12. The summed E-state index contributed by atoms with van der Waals surface area (Å²) in [4.78, 5) is 10.2. The van der Waals surface area contributed by atoms with Crippen LogP contribution in [0.15, 0.2) is 46.9 Å². The molecule has 0 heterocycles. The Morgan fingerprint density at radius 1 is 1.33 bits per heavy atom. The molecule has 0 radical (unpaired) electrons. The summed E-state index contributed by atoms with van der Waals surface area (Å²) in [6.07, 6.45) is 0. The molecule has 0 aliphatic heterocycles. The van der Waals surface area contributed by atoms with Crippen LogP contribution in [-0.2, 0) is 6.54 Å². The highest BCUT2D eigenvalue weighted by atomic mass is 79.9. The predicted octanol–water partition coefficient (Wildman–Crippen LogP) is 4.35. The van der Waals surface area contributed by atoms with Crippen molar-refractivity contribution in [3.63, 3.8) is 0 Å². The molecule has 0 aliphatic rings. The Hall–Kier alpha value is -1.79. The number of benzene rings is 2. The summed E-state index contributed by atoms with van der Waals surface area (Å²) in [5, 5.41) is 13.9. The van der Waals surface area contributed by atoms with E-state index >= 15 is 0 Å². The number of halogens is 2. The fraction of sp³-hybridized carbons (Fsp3) is 0.200. The molecule has 2 aromatic carbocycles. The van der Waals surface area contributed by atoms with Gasteiger partial charge in [0.05, 0.1) is 4.92 Å². The maximum absolute atomic E-state index is 13.7. The van der Waals surface area contributed by atoms with Crippen LogP contribution >= 0.6 is 15.9 Å². The van der Waals surface area contributed by atoms with E-state index in [0.29, 0.717) is 16.6 Å². The van der Waals surface area contributed by atoms with Crippen LogP contribution in [-0.4, -0.2) is 4.92 Å². The van der Waals surface area contributed by atoms with Crippen LogP contribution < -0.4 is 5.32 Å². The van der Waals surface area contributed by atoms with Gasteiger partial charge in [0.15, 0.2) is 0 Å². The van der Waals surface area contributed by atoms with Crippen LogP contribution in [0.4, 0.5) is 10.1 Å². The molecule has 4 nitrogen and oxygen atoms in total. The monoisotopic (exact) mass is 352 g/mol. The van der Waals surface area contributed by atoms with E-state index in [-0.39, 0.29) is 17.5 Å². The minimum absolute atomic E-state index is 0.0350. The first-order valence-electron chi connectivity index (χ1n) is 6.39. The van der Waals surface area contributed by atoms with Gasteiger partial charge in [0.25, 0.3) is 5.69 Å². The van der Waals surface area contributed by atoms with Gasteiger partial charge in [-0.15, -0.1) is 0 Å². The van der Waals surface area contributed by atoms with Gasteiger partial charge in [0.1, 0.15) is 5.82 Å². The van der Waals surface area contributed by atoms with Gasteiger partial charge < -0.3 is 5.32 Å². The number of nitro groups is 1. The van der Waals surface area contributed by atoms with Gasteiger partial charge >= 0.3 is 0 Å². The lowest BCUT2D eigenvalue weighted by Crippen LogP contribution is -2.19. The van der Waals surface area contributed by atoms with Crippen molar-refractivity contribution in [2.75, 3.05) is 0 Å². The van der Waals surface area contributed by atoms with Crippen LogP contribution in [0.5, 0.6) is 0 Å². The van der Waals surface area contributed by atoms with Crippen molar-refractivity contribution < 1.29 is 9.31 Å². The molecule has 0 fully saturated rings. The fourth-order valence-electron chi connectivity index (χ4n) is 1.99. The summed E-state index contributed by atoms with van der Waals surface area (Å²) < 4.78 is 14.3. The maximum Gasteiger partial charge on any atom is 0.270 e. The summed E-state index contributed by atoms with van der Waals surface area (Å²) in [7, 11) is 0. The van der Waals surface area contributed by atoms with Crippen molar-refractivity contribution in [2.24, 2.45) is 0 Å². The van der Waals surface area contributed by atoms with Crippen molar-refractivity contribution in [3.05, 3.63) is 74.0 Å². The quantitative estimate of drug-likeness (QED) is 0.642. The molecule has 0 spiro atoms. The van der Waals surface area contributed by atoms with Gasteiger partial charge in [-0.05, 0) is 24.6 Å². The third kappa shape index (κ3) is 3.86. The lowest BCUT2D eigenvalue weighted by atomic mass is 10.1. The summed E-state index contributed by atoms with van der Waals surface area (Å²) in [6, 6.07) is 11.0. The van der Waals surface area contributed by atoms with Gasteiger partial charge in [-0.1, -0.05) is 34.1 Å². The summed E-state index contributed by atoms with van der Waals surface area (Å²) >= 11 is 3.32. The normalized spacial score (nSPS) is 12.1. The number of rotatable bonds is 5. The second kappa shape index (κ2) is 6.78. The molecular formula is C15H14BrFN2O2. The predicted molar refractivity (Wildman–Crippen MR) is 82.5 cm³/mol. The van der Waals surface area contributed by atoms with E-state index in [4.69, 9.17) is 0 Å². The summed E-state index contributed by atoms with van der Waals surface area (Å²) in [5.41, 5.74) is 1.51. The highest BCUT2D eigenvalue weighted by molar-refractivity contribution is 9.10. The van der Waals surface area contributed by atoms with E-state index in [2.05, 4.69) is 21.2 Å². The first kappa shape index (κ1) is 15.6. The molecule has 0 saturated heterocycles. The van der Waals surface area contributed by atoms with Gasteiger partial charge in [-0.3, -0.25) is 10.1 Å². The number of nitro benzene ring substituents is 1. The van der Waals surface area contributed by atoms with Crippen LogP contribution in [0.1, 0.15) is 24.1 Å². The summed E-state index contributed by atoms with van der Waals surface area (Å²) in [5.74, 6) is -0.250. The molecule has 6 heteroatoms. The first-order valence-corrected chi connectivity index (χ1v) is 7.19. The van der Waals surface area contributed by atoms with E-state index in [0.717, 1.165) is 5.56 Å². The van der Waals surface area contributed by atoms with E-state index in [1.54, 1.807) is 24.3 Å². The Bertz CT molecular complexity index is 664. The molecule has 0 aliphatic carbocycles. The van der Waals surface area contributed by atoms with Crippen molar-refractivity contribution in [1.82, 2.24) is 5.32 Å². The van der Waals surface area contributed by atoms with Gasteiger partial charge in [0, 0.05) is 34.8 Å². The zero-order valence-corrected chi connectivity index (χ0v) is 12.9. The smallest absolute Gasteiger partial charge is 0.270 e. The average molecular weight is 353 g/mol. The molecular weight excluding hydrogens is 339 g/mol. The molecule has 2 aromatic rings. The number of hydrogen-bond donors (Lipinski definition) is 1. The van der Waals surface area contributed by atoms with Gasteiger partial charge in [0.2, 0.25) is 0 Å². The molecule has 0 saturated carbocycles. The molecule has 2 rings (SSSR count). The zero-order valence-electron chi connectivity index (χ0n) is 11.3. The van der Waals surface area contributed by atoms with Crippen molar-refractivity contribution in [3.8, 4) is 0 Å². The molecule has 0 bridgehead atoms. The number of nitrogens with zero attached hydrogens (tertiary/aromatic N) is 1. The Morgan fingerprint density at radius 3 is 2.67 bits per heavy atom. The van der Waals surface area contributed by atoms with E-state index in [1.807, 2.05) is 6.92 Å². The topological polar surface area (TPSA) is 55.2 Å². The minimum atomic E-state index is -0.441. The third-order valence-corrected chi connectivity index (χ3v) is 3.96. The Balaban J connectivity index is 2.06. The third-order valence-electron chi connectivity index (χ3n) is 3.22. The SMILES string of the molecule is C[C@@H](NCc1ccc([N+](=O)[O-])cc1Br)c1ccccc1F. The Kier molecular flexibility index (Phi) is 5.03. The fourth-order valence-corrected chi connectivity index (χ4v) is 2.50. The summed E-state index contributed by atoms with van der Waals surface area (Å²) in [6.45, 7) is 2.35. The number of nitrogens with one attached hydrogen (secondary N) is 1. The molecule has 110 valence electrons. The van der Waals surface area contributed by atoms with Gasteiger partial charge in [-0.2, -0.15) is 0 Å².